The number of hydrogen-bond acceptors (Lipinski definition) is 5. The highest BCUT2D eigenvalue weighted by molar-refractivity contribution is 6.02. The summed E-state index contributed by atoms with van der Waals surface area (Å²) in [5, 5.41) is 7.24. The number of nitrogens with one attached hydrogen (secondary N) is 1. The highest BCUT2D eigenvalue weighted by Gasteiger charge is 2.43. The van der Waals surface area contributed by atoms with Crippen molar-refractivity contribution in [3.05, 3.63) is 71.3 Å². The lowest BCUT2D eigenvalue weighted by Crippen LogP contribution is -2.57. The number of anilines is 2. The Morgan fingerprint density at radius 1 is 1.05 bits per heavy atom. The van der Waals surface area contributed by atoms with Crippen LogP contribution < -0.4 is 15.1 Å². The smallest absolute Gasteiger partial charge is 0.291 e. The van der Waals surface area contributed by atoms with E-state index >= 15 is 0 Å². The minimum Gasteiger partial charge on any atom is -0.370 e. The van der Waals surface area contributed by atoms with E-state index in [1.165, 1.54) is 37.8 Å². The van der Waals surface area contributed by atoms with Gasteiger partial charge in [-0.15, -0.1) is 5.10 Å². The van der Waals surface area contributed by atoms with Gasteiger partial charge in [0.15, 0.2) is 0 Å². The molecular formula is C30H36N6O2. The van der Waals surface area contributed by atoms with Crippen molar-refractivity contribution < 1.29 is 9.59 Å². The predicted molar refractivity (Wildman–Crippen MR) is 147 cm³/mol. The summed E-state index contributed by atoms with van der Waals surface area (Å²) >= 11 is 0. The van der Waals surface area contributed by atoms with Crippen LogP contribution in [-0.2, 0) is 24.7 Å². The number of carbonyl (C=O) groups is 2. The summed E-state index contributed by atoms with van der Waals surface area (Å²) in [6, 6.07) is 15.8. The lowest BCUT2D eigenvalue weighted by atomic mass is 9.68. The summed E-state index contributed by atoms with van der Waals surface area (Å²) in [6.45, 7) is 2.23. The molecule has 1 aromatic heterocycles. The maximum absolute atomic E-state index is 13.4. The van der Waals surface area contributed by atoms with Crippen LogP contribution in [0.3, 0.4) is 0 Å². The Morgan fingerprint density at radius 2 is 1.82 bits per heavy atom. The molecular weight excluding hydrogens is 476 g/mol. The van der Waals surface area contributed by atoms with Crippen molar-refractivity contribution in [3.8, 4) is 0 Å². The van der Waals surface area contributed by atoms with Crippen molar-refractivity contribution >= 4 is 23.2 Å². The highest BCUT2D eigenvalue weighted by Crippen LogP contribution is 2.46. The molecule has 3 aromatic rings. The molecule has 0 radical (unpaired) electrons. The maximum atomic E-state index is 13.4. The summed E-state index contributed by atoms with van der Waals surface area (Å²) in [7, 11) is 3.60. The highest BCUT2D eigenvalue weighted by atomic mass is 16.2. The van der Waals surface area contributed by atoms with Crippen molar-refractivity contribution in [2.24, 2.45) is 12.5 Å². The summed E-state index contributed by atoms with van der Waals surface area (Å²) in [4.78, 5) is 35.2. The number of amides is 2. The molecule has 2 aliphatic heterocycles. The number of nitrogens with zero attached hydrogens (tertiary/aromatic N) is 5. The summed E-state index contributed by atoms with van der Waals surface area (Å²) in [5.41, 5.74) is 4.86. The molecule has 1 saturated heterocycles. The van der Waals surface area contributed by atoms with Crippen LogP contribution in [0.5, 0.6) is 0 Å². The summed E-state index contributed by atoms with van der Waals surface area (Å²) < 4.78 is 1.63. The first-order chi connectivity index (χ1) is 18.4. The molecule has 1 spiro atoms. The second-order valence-corrected chi connectivity index (χ2v) is 11.3. The van der Waals surface area contributed by atoms with E-state index in [2.05, 4.69) is 38.5 Å². The van der Waals surface area contributed by atoms with E-state index < -0.39 is 11.9 Å². The van der Waals surface area contributed by atoms with Gasteiger partial charge in [0.25, 0.3) is 5.91 Å². The Morgan fingerprint density at radius 3 is 2.58 bits per heavy atom. The molecule has 8 heteroatoms. The van der Waals surface area contributed by atoms with Gasteiger partial charge in [-0.05, 0) is 48.9 Å². The average molecular weight is 513 g/mol. The van der Waals surface area contributed by atoms with Crippen molar-refractivity contribution in [2.45, 2.75) is 57.4 Å². The first kappa shape index (κ1) is 24.6. The van der Waals surface area contributed by atoms with Gasteiger partial charge in [-0.2, -0.15) is 0 Å². The van der Waals surface area contributed by atoms with Gasteiger partial charge in [-0.1, -0.05) is 55.7 Å². The van der Waals surface area contributed by atoms with Crippen molar-refractivity contribution in [2.75, 3.05) is 29.9 Å². The number of aryl methyl sites for hydroxylation is 2. The molecule has 198 valence electrons. The van der Waals surface area contributed by atoms with E-state index in [1.54, 1.807) is 16.6 Å². The largest absolute Gasteiger partial charge is 0.370 e. The van der Waals surface area contributed by atoms with E-state index in [0.29, 0.717) is 24.1 Å². The number of hydrogen-bond donors (Lipinski definition) is 1. The second kappa shape index (κ2) is 9.89. The lowest BCUT2D eigenvalue weighted by molar-refractivity contribution is -0.120. The van der Waals surface area contributed by atoms with E-state index in [9.17, 15) is 9.59 Å². The molecule has 1 atom stereocenters. The maximum Gasteiger partial charge on any atom is 0.291 e. The van der Waals surface area contributed by atoms with Gasteiger partial charge in [0, 0.05) is 50.4 Å². The fraction of sp³-hybridized carbons (Fsp3) is 0.467. The third-order valence-corrected chi connectivity index (χ3v) is 8.66. The topological polar surface area (TPSA) is 83.4 Å². The molecule has 2 aromatic carbocycles. The molecule has 3 heterocycles. The number of carbonyl (C=O) groups excluding carboxylic acids is 2. The zero-order valence-corrected chi connectivity index (χ0v) is 22.3. The number of aromatic nitrogens is 3. The van der Waals surface area contributed by atoms with Crippen LogP contribution in [0.1, 0.15) is 66.1 Å². The SMILES string of the molecule is CN1C(=O)C(NC(=O)c2nc(Cc3ccccc3)n(C)n2)CCc2ccc(N3CC4(CCCCC4)C3)cc21. The van der Waals surface area contributed by atoms with Gasteiger partial charge < -0.3 is 15.1 Å². The van der Waals surface area contributed by atoms with Crippen LogP contribution in [0.15, 0.2) is 48.5 Å². The molecule has 1 unspecified atom stereocenters. The summed E-state index contributed by atoms with van der Waals surface area (Å²) in [5.74, 6) is 0.262. The Balaban J connectivity index is 1.13. The van der Waals surface area contributed by atoms with Crippen LogP contribution in [0.2, 0.25) is 0 Å². The molecule has 3 aliphatic rings. The fourth-order valence-corrected chi connectivity index (χ4v) is 6.41. The fourth-order valence-electron chi connectivity index (χ4n) is 6.41. The second-order valence-electron chi connectivity index (χ2n) is 11.3. The Kier molecular flexibility index (Phi) is 6.41. The van der Waals surface area contributed by atoms with E-state index in [4.69, 9.17) is 0 Å². The Hall–Kier alpha value is -3.68. The molecule has 1 N–H and O–H groups in total. The molecule has 0 bridgehead atoms. The third kappa shape index (κ3) is 4.68. The van der Waals surface area contributed by atoms with E-state index in [-0.39, 0.29) is 11.7 Å². The molecule has 6 rings (SSSR count). The zero-order chi connectivity index (χ0) is 26.3. The predicted octanol–water partition coefficient (Wildman–Crippen LogP) is 3.88. The van der Waals surface area contributed by atoms with Gasteiger partial charge in [0.2, 0.25) is 11.7 Å². The number of fused-ring (bicyclic) bond motifs is 1. The number of likely N-dealkylation sites (N-methyl/N-ethyl adjacent to an activating group) is 1. The standard InChI is InChI=1S/C30H36N6O2/c1-34-25-18-23(36-19-30(20-36)15-7-4-8-16-30)13-11-22(25)12-14-24(29(34)38)31-28(37)27-32-26(35(2)33-27)17-21-9-5-3-6-10-21/h3,5-6,9-11,13,18,24H,4,7-8,12,14-17,19-20H2,1-2H3,(H,31,37). The van der Waals surface area contributed by atoms with Gasteiger partial charge in [-0.3, -0.25) is 14.3 Å². The molecule has 2 fully saturated rings. The van der Waals surface area contributed by atoms with E-state index in [1.807, 2.05) is 37.4 Å². The monoisotopic (exact) mass is 512 g/mol. The molecule has 8 nitrogen and oxygen atoms in total. The van der Waals surface area contributed by atoms with Gasteiger partial charge in [0.1, 0.15) is 11.9 Å². The third-order valence-electron chi connectivity index (χ3n) is 8.66. The van der Waals surface area contributed by atoms with Crippen molar-refractivity contribution in [3.63, 3.8) is 0 Å². The van der Waals surface area contributed by atoms with Crippen LogP contribution in [0, 0.1) is 5.41 Å². The quantitative estimate of drug-likeness (QED) is 0.561. The van der Waals surface area contributed by atoms with Crippen LogP contribution in [0.4, 0.5) is 11.4 Å². The van der Waals surface area contributed by atoms with Crippen molar-refractivity contribution in [1.82, 2.24) is 20.1 Å². The first-order valence-corrected chi connectivity index (χ1v) is 13.8. The molecule has 2 amide bonds. The molecule has 1 aliphatic carbocycles. The minimum absolute atomic E-state index is 0.0901. The van der Waals surface area contributed by atoms with Crippen LogP contribution in [0.25, 0.3) is 0 Å². The first-order valence-electron chi connectivity index (χ1n) is 13.8. The minimum atomic E-state index is -0.626. The Labute approximate surface area is 224 Å². The number of rotatable bonds is 5. The van der Waals surface area contributed by atoms with E-state index in [0.717, 1.165) is 36.3 Å². The van der Waals surface area contributed by atoms with Crippen LogP contribution >= 0.6 is 0 Å². The zero-order valence-electron chi connectivity index (χ0n) is 22.3. The van der Waals surface area contributed by atoms with Gasteiger partial charge in [0.05, 0.1) is 0 Å². The summed E-state index contributed by atoms with van der Waals surface area (Å²) in [6.07, 6.45) is 8.60. The van der Waals surface area contributed by atoms with Gasteiger partial charge >= 0.3 is 0 Å². The normalized spacial score (nSPS) is 20.6. The Bertz CT molecular complexity index is 1340. The molecule has 38 heavy (non-hydrogen) atoms. The number of benzene rings is 2. The van der Waals surface area contributed by atoms with Gasteiger partial charge in [-0.25, -0.2) is 4.98 Å². The van der Waals surface area contributed by atoms with Crippen molar-refractivity contribution in [1.29, 1.82) is 0 Å². The lowest BCUT2D eigenvalue weighted by Gasteiger charge is -2.53. The van der Waals surface area contributed by atoms with Crippen LogP contribution in [-0.4, -0.2) is 52.8 Å². The average Bonchev–Trinajstić information content (AvgIpc) is 3.24. The molecule has 1 saturated carbocycles.